The molecule has 4 heterocycles. The van der Waals surface area contributed by atoms with E-state index in [-0.39, 0.29) is 17.7 Å². The molecule has 124 valence electrons. The SMILES string of the molecule is CN1CCOc2c(C(=O)NC3CN4CCC3CC4)cc(O)cc21. The molecular formula is C17H23N3O3. The summed E-state index contributed by atoms with van der Waals surface area (Å²) in [5, 5.41) is 13.1. The van der Waals surface area contributed by atoms with Gasteiger partial charge in [0.15, 0.2) is 5.75 Å². The number of amides is 1. The van der Waals surface area contributed by atoms with Crippen molar-refractivity contribution < 1.29 is 14.6 Å². The van der Waals surface area contributed by atoms with Crippen LogP contribution in [0.5, 0.6) is 11.5 Å². The van der Waals surface area contributed by atoms with Crippen LogP contribution >= 0.6 is 0 Å². The van der Waals surface area contributed by atoms with Crippen molar-refractivity contribution in [1.82, 2.24) is 10.2 Å². The number of ether oxygens (including phenoxy) is 1. The van der Waals surface area contributed by atoms with Crippen molar-refractivity contribution in [2.75, 3.05) is 44.7 Å². The first-order chi connectivity index (χ1) is 11.1. The molecule has 6 heteroatoms. The average Bonchev–Trinajstić information content (AvgIpc) is 2.56. The molecule has 0 spiro atoms. The molecule has 1 atom stereocenters. The predicted molar refractivity (Wildman–Crippen MR) is 87.3 cm³/mol. The molecule has 1 unspecified atom stereocenters. The molecule has 1 amide bonds. The van der Waals surface area contributed by atoms with Crippen molar-refractivity contribution in [3.63, 3.8) is 0 Å². The van der Waals surface area contributed by atoms with Crippen molar-refractivity contribution >= 4 is 11.6 Å². The number of aromatic hydroxyl groups is 1. The largest absolute Gasteiger partial charge is 0.508 e. The number of anilines is 1. The number of likely N-dealkylation sites (N-methyl/N-ethyl adjacent to an activating group) is 1. The Morgan fingerprint density at radius 1 is 1.30 bits per heavy atom. The lowest BCUT2D eigenvalue weighted by molar-refractivity contribution is 0.0618. The smallest absolute Gasteiger partial charge is 0.255 e. The van der Waals surface area contributed by atoms with Gasteiger partial charge in [-0.25, -0.2) is 0 Å². The standard InChI is InChI=1S/C17H23N3O3/c1-19-6-7-23-16-13(8-12(21)9-15(16)19)17(22)18-14-10-20-4-2-11(14)3-5-20/h8-9,11,14,21H,2-7,10H2,1H3,(H,18,22). The van der Waals surface area contributed by atoms with Crippen molar-refractivity contribution in [3.8, 4) is 11.5 Å². The first kappa shape index (κ1) is 14.6. The van der Waals surface area contributed by atoms with Gasteiger partial charge in [-0.15, -0.1) is 0 Å². The third-order valence-electron chi connectivity index (χ3n) is 5.36. The van der Waals surface area contributed by atoms with Crippen LogP contribution in [0, 0.1) is 5.92 Å². The number of carbonyl (C=O) groups excluding carboxylic acids is 1. The normalized spacial score (nSPS) is 28.9. The van der Waals surface area contributed by atoms with E-state index in [2.05, 4.69) is 10.2 Å². The van der Waals surface area contributed by atoms with E-state index in [9.17, 15) is 9.90 Å². The maximum Gasteiger partial charge on any atom is 0.255 e. The Morgan fingerprint density at radius 2 is 2.09 bits per heavy atom. The third-order valence-corrected chi connectivity index (χ3v) is 5.36. The highest BCUT2D eigenvalue weighted by Gasteiger charge is 2.35. The fourth-order valence-electron chi connectivity index (χ4n) is 3.98. The number of phenols is 1. The van der Waals surface area contributed by atoms with E-state index in [1.807, 2.05) is 11.9 Å². The molecular weight excluding hydrogens is 294 g/mol. The van der Waals surface area contributed by atoms with Crippen LogP contribution in [-0.4, -0.2) is 61.8 Å². The van der Waals surface area contributed by atoms with Crippen molar-refractivity contribution in [1.29, 1.82) is 0 Å². The second kappa shape index (κ2) is 5.60. The maximum atomic E-state index is 12.8. The molecule has 0 aliphatic carbocycles. The molecule has 3 saturated heterocycles. The Balaban J connectivity index is 1.59. The van der Waals surface area contributed by atoms with Crippen molar-refractivity contribution in [3.05, 3.63) is 17.7 Å². The average molecular weight is 317 g/mol. The lowest BCUT2D eigenvalue weighted by Crippen LogP contribution is -2.57. The van der Waals surface area contributed by atoms with Crippen LogP contribution in [0.4, 0.5) is 5.69 Å². The molecule has 0 radical (unpaired) electrons. The molecule has 2 bridgehead atoms. The fourth-order valence-corrected chi connectivity index (χ4v) is 3.98. The van der Waals surface area contributed by atoms with Gasteiger partial charge >= 0.3 is 0 Å². The highest BCUT2D eigenvalue weighted by Crippen LogP contribution is 2.38. The van der Waals surface area contributed by atoms with E-state index in [1.54, 1.807) is 6.07 Å². The van der Waals surface area contributed by atoms with Gasteiger partial charge in [-0.3, -0.25) is 4.79 Å². The van der Waals surface area contributed by atoms with Crippen LogP contribution in [0.2, 0.25) is 0 Å². The van der Waals surface area contributed by atoms with E-state index in [1.165, 1.54) is 6.07 Å². The number of phenolic OH excluding ortho intramolecular Hbond substituents is 1. The third kappa shape index (κ3) is 2.61. The Labute approximate surface area is 136 Å². The second-order valence-corrected chi connectivity index (χ2v) is 6.83. The summed E-state index contributed by atoms with van der Waals surface area (Å²) in [6, 6.07) is 3.36. The Hall–Kier alpha value is -1.95. The first-order valence-corrected chi connectivity index (χ1v) is 8.36. The molecule has 4 aliphatic rings. The van der Waals surface area contributed by atoms with Gasteiger partial charge in [0.05, 0.1) is 17.8 Å². The van der Waals surface area contributed by atoms with Crippen LogP contribution in [0.15, 0.2) is 12.1 Å². The fraction of sp³-hybridized carbons (Fsp3) is 0.588. The summed E-state index contributed by atoms with van der Waals surface area (Å²) < 4.78 is 5.73. The Bertz CT molecular complexity index is 626. The highest BCUT2D eigenvalue weighted by atomic mass is 16.5. The summed E-state index contributed by atoms with van der Waals surface area (Å²) in [5.74, 6) is 1.10. The van der Waals surface area contributed by atoms with Gasteiger partial charge in [0.1, 0.15) is 12.4 Å². The number of nitrogens with zero attached hydrogens (tertiary/aromatic N) is 2. The molecule has 0 aromatic heterocycles. The summed E-state index contributed by atoms with van der Waals surface area (Å²) in [6.07, 6.45) is 2.31. The minimum absolute atomic E-state index is 0.0974. The minimum atomic E-state index is -0.147. The molecule has 5 rings (SSSR count). The molecule has 0 saturated carbocycles. The number of piperidine rings is 3. The predicted octanol–water partition coefficient (Wildman–Crippen LogP) is 1.04. The molecule has 23 heavy (non-hydrogen) atoms. The van der Waals surface area contributed by atoms with Gasteiger partial charge in [0, 0.05) is 25.7 Å². The van der Waals surface area contributed by atoms with E-state index >= 15 is 0 Å². The number of hydrogen-bond donors (Lipinski definition) is 2. The van der Waals surface area contributed by atoms with Gasteiger partial charge in [-0.05, 0) is 37.9 Å². The number of nitrogens with one attached hydrogen (secondary N) is 1. The Kier molecular flexibility index (Phi) is 3.56. The van der Waals surface area contributed by atoms with Crippen molar-refractivity contribution in [2.24, 2.45) is 5.92 Å². The molecule has 1 aromatic carbocycles. The van der Waals surface area contributed by atoms with Gasteiger partial charge < -0.3 is 25.0 Å². The van der Waals surface area contributed by atoms with E-state index < -0.39 is 0 Å². The van der Waals surface area contributed by atoms with Gasteiger partial charge in [-0.2, -0.15) is 0 Å². The summed E-state index contributed by atoms with van der Waals surface area (Å²) in [7, 11) is 1.94. The molecule has 6 nitrogen and oxygen atoms in total. The quantitative estimate of drug-likeness (QED) is 0.853. The lowest BCUT2D eigenvalue weighted by atomic mass is 9.84. The molecule has 2 N–H and O–H groups in total. The summed E-state index contributed by atoms with van der Waals surface area (Å²) in [6.45, 7) is 4.52. The molecule has 3 fully saturated rings. The number of carbonyl (C=O) groups is 1. The van der Waals surface area contributed by atoms with Gasteiger partial charge in [0.2, 0.25) is 0 Å². The van der Waals surface area contributed by atoms with E-state index in [0.717, 1.165) is 44.7 Å². The molecule has 1 aromatic rings. The van der Waals surface area contributed by atoms with Crippen LogP contribution < -0.4 is 15.0 Å². The molecule has 4 aliphatic heterocycles. The number of fused-ring (bicyclic) bond motifs is 4. The summed E-state index contributed by atoms with van der Waals surface area (Å²) >= 11 is 0. The van der Waals surface area contributed by atoms with Crippen molar-refractivity contribution in [2.45, 2.75) is 18.9 Å². The first-order valence-electron chi connectivity index (χ1n) is 8.36. The number of benzene rings is 1. The maximum absolute atomic E-state index is 12.8. The Morgan fingerprint density at radius 3 is 2.78 bits per heavy atom. The lowest BCUT2D eigenvalue weighted by Gasteiger charge is -2.45. The zero-order chi connectivity index (χ0) is 16.0. The zero-order valence-corrected chi connectivity index (χ0v) is 13.4. The van der Waals surface area contributed by atoms with Gasteiger partial charge in [-0.1, -0.05) is 0 Å². The topological polar surface area (TPSA) is 65.0 Å². The van der Waals surface area contributed by atoms with E-state index in [4.69, 9.17) is 4.74 Å². The highest BCUT2D eigenvalue weighted by molar-refractivity contribution is 5.99. The van der Waals surface area contributed by atoms with Crippen LogP contribution in [0.1, 0.15) is 23.2 Å². The van der Waals surface area contributed by atoms with Crippen LogP contribution in [0.3, 0.4) is 0 Å². The zero-order valence-electron chi connectivity index (χ0n) is 13.4. The minimum Gasteiger partial charge on any atom is -0.508 e. The van der Waals surface area contributed by atoms with Gasteiger partial charge in [0.25, 0.3) is 5.91 Å². The number of hydrogen-bond acceptors (Lipinski definition) is 5. The van der Waals surface area contributed by atoms with Crippen LogP contribution in [-0.2, 0) is 0 Å². The monoisotopic (exact) mass is 317 g/mol. The van der Waals surface area contributed by atoms with E-state index in [0.29, 0.717) is 23.8 Å². The summed E-state index contributed by atoms with van der Waals surface area (Å²) in [5.41, 5.74) is 1.21. The number of rotatable bonds is 2. The van der Waals surface area contributed by atoms with Crippen LogP contribution in [0.25, 0.3) is 0 Å². The summed E-state index contributed by atoms with van der Waals surface area (Å²) in [4.78, 5) is 17.2. The second-order valence-electron chi connectivity index (χ2n) is 6.83.